The van der Waals surface area contributed by atoms with Crippen LogP contribution in [0.15, 0.2) is 36.5 Å². The van der Waals surface area contributed by atoms with Crippen molar-refractivity contribution < 1.29 is 19.5 Å². The molecule has 1 aliphatic heterocycles. The number of rotatable bonds is 5. The van der Waals surface area contributed by atoms with Gasteiger partial charge in [0, 0.05) is 12.7 Å². The molecule has 4 rings (SSSR count). The smallest absolute Gasteiger partial charge is 0.227 e. The number of nitrogens with zero attached hydrogens (tertiary/aromatic N) is 5. The predicted octanol–water partition coefficient (Wildman–Crippen LogP) is 1.08. The topological polar surface area (TPSA) is 103 Å². The maximum Gasteiger partial charge on any atom is 0.227 e. The normalized spacial score (nSPS) is 17.0. The number of aromatic nitrogens is 4. The molecule has 1 N–H and O–H groups in total. The summed E-state index contributed by atoms with van der Waals surface area (Å²) in [5.41, 5.74) is 1.90. The lowest BCUT2D eigenvalue weighted by Crippen LogP contribution is -2.48. The number of benzene rings is 1. The van der Waals surface area contributed by atoms with Gasteiger partial charge in [0.1, 0.15) is 24.0 Å². The Kier molecular flexibility index (Phi) is 5.27. The quantitative estimate of drug-likeness (QED) is 0.680. The molecule has 1 aliphatic rings. The van der Waals surface area contributed by atoms with E-state index in [4.69, 9.17) is 21.2 Å². The summed E-state index contributed by atoms with van der Waals surface area (Å²) in [6.45, 7) is 1.55. The number of fused-ring (bicyclic) bond motifs is 1. The van der Waals surface area contributed by atoms with Crippen LogP contribution in [-0.2, 0) is 16.0 Å². The van der Waals surface area contributed by atoms with Gasteiger partial charge in [0.15, 0.2) is 0 Å². The molecule has 1 aromatic carbocycles. The Balaban J connectivity index is 1.34. The monoisotopic (exact) mass is 403 g/mol. The minimum absolute atomic E-state index is 0.00317. The molecular formula is C18H18ClN5O4. The fourth-order valence-electron chi connectivity index (χ4n) is 2.98. The average Bonchev–Trinajstić information content (AvgIpc) is 3.12. The van der Waals surface area contributed by atoms with E-state index in [-0.39, 0.29) is 35.8 Å². The van der Waals surface area contributed by atoms with E-state index < -0.39 is 0 Å². The van der Waals surface area contributed by atoms with Crippen LogP contribution in [0.25, 0.3) is 11.2 Å². The van der Waals surface area contributed by atoms with Gasteiger partial charge < -0.3 is 19.6 Å². The highest BCUT2D eigenvalue weighted by atomic mass is 35.5. The number of ether oxygens (including phenoxy) is 1. The third-order valence-electron chi connectivity index (χ3n) is 4.42. The van der Waals surface area contributed by atoms with Crippen LogP contribution in [0.2, 0.25) is 5.02 Å². The summed E-state index contributed by atoms with van der Waals surface area (Å²) >= 11 is 5.91. The van der Waals surface area contributed by atoms with Gasteiger partial charge in [0.05, 0.1) is 24.6 Å². The molecule has 146 valence electrons. The van der Waals surface area contributed by atoms with E-state index >= 15 is 0 Å². The SMILES string of the molecule is O=C(Cc1ccc(O)c(Cl)c1)N1CCOC(COn2nnc3cccnc32)C1. The van der Waals surface area contributed by atoms with E-state index in [9.17, 15) is 9.90 Å². The van der Waals surface area contributed by atoms with E-state index in [1.165, 1.54) is 10.9 Å². The fourth-order valence-corrected chi connectivity index (χ4v) is 3.18. The van der Waals surface area contributed by atoms with Gasteiger partial charge in [-0.2, -0.15) is 0 Å². The van der Waals surface area contributed by atoms with Crippen LogP contribution in [0.4, 0.5) is 0 Å². The molecule has 0 aliphatic carbocycles. The van der Waals surface area contributed by atoms with Crippen molar-refractivity contribution in [2.75, 3.05) is 26.3 Å². The van der Waals surface area contributed by atoms with Crippen molar-refractivity contribution >= 4 is 28.7 Å². The number of carbonyl (C=O) groups is 1. The lowest BCUT2D eigenvalue weighted by molar-refractivity contribution is -0.141. The third kappa shape index (κ3) is 4.00. The Labute approximate surface area is 165 Å². The van der Waals surface area contributed by atoms with Crippen LogP contribution >= 0.6 is 11.6 Å². The number of morpholine rings is 1. The highest BCUT2D eigenvalue weighted by molar-refractivity contribution is 6.32. The molecular weight excluding hydrogens is 386 g/mol. The number of hydrogen-bond donors (Lipinski definition) is 1. The Morgan fingerprint density at radius 2 is 2.29 bits per heavy atom. The molecule has 3 aromatic rings. The first-order valence-electron chi connectivity index (χ1n) is 8.76. The predicted molar refractivity (Wildman–Crippen MR) is 99.9 cm³/mol. The molecule has 1 saturated heterocycles. The summed E-state index contributed by atoms with van der Waals surface area (Å²) in [4.78, 5) is 25.4. The summed E-state index contributed by atoms with van der Waals surface area (Å²) in [5.74, 6) is -0.0421. The summed E-state index contributed by atoms with van der Waals surface area (Å²) in [7, 11) is 0. The van der Waals surface area contributed by atoms with Crippen LogP contribution in [0.1, 0.15) is 5.56 Å². The summed E-state index contributed by atoms with van der Waals surface area (Å²) in [6.07, 6.45) is 1.55. The maximum absolute atomic E-state index is 12.6. The Bertz CT molecular complexity index is 995. The van der Waals surface area contributed by atoms with Crippen LogP contribution in [0, 0.1) is 0 Å². The minimum atomic E-state index is -0.288. The van der Waals surface area contributed by atoms with Crippen molar-refractivity contribution in [2.24, 2.45) is 0 Å². The number of carbonyl (C=O) groups excluding carboxylic acids is 1. The van der Waals surface area contributed by atoms with Crippen molar-refractivity contribution in [3.8, 4) is 5.75 Å². The molecule has 10 heteroatoms. The third-order valence-corrected chi connectivity index (χ3v) is 4.73. The van der Waals surface area contributed by atoms with Crippen molar-refractivity contribution in [3.63, 3.8) is 0 Å². The van der Waals surface area contributed by atoms with Gasteiger partial charge in [-0.3, -0.25) is 4.79 Å². The van der Waals surface area contributed by atoms with Crippen molar-refractivity contribution in [1.82, 2.24) is 25.0 Å². The molecule has 1 unspecified atom stereocenters. The number of phenolic OH excluding ortho intramolecular Hbond substituents is 1. The van der Waals surface area contributed by atoms with Gasteiger partial charge in [-0.15, -0.1) is 5.10 Å². The molecule has 1 fully saturated rings. The second-order valence-corrected chi connectivity index (χ2v) is 6.81. The first kappa shape index (κ1) is 18.5. The van der Waals surface area contributed by atoms with Gasteiger partial charge >= 0.3 is 0 Å². The van der Waals surface area contributed by atoms with Gasteiger partial charge in [0.25, 0.3) is 0 Å². The Hall–Kier alpha value is -2.91. The largest absolute Gasteiger partial charge is 0.506 e. The number of pyridine rings is 1. The minimum Gasteiger partial charge on any atom is -0.506 e. The van der Waals surface area contributed by atoms with Gasteiger partial charge in [-0.25, -0.2) is 4.98 Å². The zero-order chi connectivity index (χ0) is 19.5. The van der Waals surface area contributed by atoms with Crippen LogP contribution in [-0.4, -0.2) is 68.5 Å². The second-order valence-electron chi connectivity index (χ2n) is 6.40. The van der Waals surface area contributed by atoms with Crippen molar-refractivity contribution in [2.45, 2.75) is 12.5 Å². The molecule has 1 atom stereocenters. The zero-order valence-corrected chi connectivity index (χ0v) is 15.6. The lowest BCUT2D eigenvalue weighted by atomic mass is 10.1. The van der Waals surface area contributed by atoms with Gasteiger partial charge in [-0.1, -0.05) is 22.5 Å². The lowest BCUT2D eigenvalue weighted by Gasteiger charge is -2.32. The Morgan fingerprint density at radius 3 is 3.14 bits per heavy atom. The molecule has 0 saturated carbocycles. The summed E-state index contributed by atoms with van der Waals surface area (Å²) in [6, 6.07) is 8.33. The average molecular weight is 404 g/mol. The highest BCUT2D eigenvalue weighted by Gasteiger charge is 2.25. The van der Waals surface area contributed by atoms with Crippen molar-refractivity contribution in [3.05, 3.63) is 47.1 Å². The second kappa shape index (κ2) is 7.99. The molecule has 9 nitrogen and oxygen atoms in total. The van der Waals surface area contributed by atoms with Gasteiger partial charge in [-0.05, 0) is 35.0 Å². The van der Waals surface area contributed by atoms with E-state index in [1.807, 2.05) is 0 Å². The van der Waals surface area contributed by atoms with E-state index in [0.29, 0.717) is 30.9 Å². The highest BCUT2D eigenvalue weighted by Crippen LogP contribution is 2.24. The molecule has 0 spiro atoms. The van der Waals surface area contributed by atoms with Crippen LogP contribution in [0.3, 0.4) is 0 Å². The molecule has 28 heavy (non-hydrogen) atoms. The number of amides is 1. The first-order valence-corrected chi connectivity index (χ1v) is 9.14. The molecule has 0 bridgehead atoms. The standard InChI is InChI=1S/C18H18ClN5O4/c19-14-8-12(3-4-16(14)25)9-17(26)23-6-7-27-13(10-23)11-28-24-18-15(21-22-24)2-1-5-20-18/h1-5,8,13,25H,6-7,9-11H2. The fraction of sp³-hybridized carbons (Fsp3) is 0.333. The van der Waals surface area contributed by atoms with E-state index in [0.717, 1.165) is 5.56 Å². The molecule has 2 aromatic heterocycles. The number of phenols is 1. The van der Waals surface area contributed by atoms with Crippen LogP contribution < -0.4 is 4.84 Å². The Morgan fingerprint density at radius 1 is 1.39 bits per heavy atom. The van der Waals surface area contributed by atoms with E-state index in [2.05, 4.69) is 15.3 Å². The van der Waals surface area contributed by atoms with E-state index in [1.54, 1.807) is 35.4 Å². The maximum atomic E-state index is 12.6. The summed E-state index contributed by atoms with van der Waals surface area (Å²) in [5, 5.41) is 17.6. The first-order chi connectivity index (χ1) is 13.6. The molecule has 3 heterocycles. The number of hydrogen-bond acceptors (Lipinski definition) is 7. The van der Waals surface area contributed by atoms with Gasteiger partial charge in [0.2, 0.25) is 11.6 Å². The zero-order valence-electron chi connectivity index (χ0n) is 14.9. The number of halogens is 1. The van der Waals surface area contributed by atoms with Crippen molar-refractivity contribution in [1.29, 1.82) is 0 Å². The summed E-state index contributed by atoms with van der Waals surface area (Å²) < 4.78 is 5.70. The molecule has 1 amide bonds. The molecule has 0 radical (unpaired) electrons. The number of aromatic hydroxyl groups is 1. The van der Waals surface area contributed by atoms with Crippen LogP contribution in [0.5, 0.6) is 5.75 Å².